The number of ether oxygens (including phenoxy) is 1. The number of H-pyrrole nitrogens is 1. The fourth-order valence-electron chi connectivity index (χ4n) is 3.55. The number of esters is 1. The third kappa shape index (κ3) is 4.21. The van der Waals surface area contributed by atoms with Crippen LogP contribution in [0.2, 0.25) is 10.0 Å². The first-order chi connectivity index (χ1) is 13.9. The highest BCUT2D eigenvalue weighted by atomic mass is 35.5. The minimum atomic E-state index is -0.742. The summed E-state index contributed by atoms with van der Waals surface area (Å²) in [5, 5.41) is 3.62. The molecular weight excluding hydrogens is 415 g/mol. The van der Waals surface area contributed by atoms with Gasteiger partial charge in [-0.2, -0.15) is 0 Å². The van der Waals surface area contributed by atoms with Crippen LogP contribution in [0.1, 0.15) is 43.3 Å². The molecule has 1 aromatic carbocycles. The second-order valence-corrected chi connectivity index (χ2v) is 7.88. The van der Waals surface area contributed by atoms with Crippen molar-refractivity contribution in [2.75, 3.05) is 13.7 Å². The van der Waals surface area contributed by atoms with Crippen LogP contribution in [0.4, 0.5) is 4.79 Å². The molecule has 2 amide bonds. The molecular formula is C20H24Cl2N4O3. The molecule has 0 saturated carbocycles. The normalized spacial score (nSPS) is 18.0. The fourth-order valence-corrected chi connectivity index (χ4v) is 3.97. The van der Waals surface area contributed by atoms with Crippen LogP contribution >= 0.6 is 23.2 Å². The highest BCUT2D eigenvalue weighted by Gasteiger charge is 2.37. The highest BCUT2D eigenvalue weighted by molar-refractivity contribution is 6.42. The first-order valence-electron chi connectivity index (χ1n) is 9.50. The molecule has 2 heterocycles. The van der Waals surface area contributed by atoms with Gasteiger partial charge in [-0.25, -0.2) is 14.6 Å². The van der Waals surface area contributed by atoms with Crippen molar-refractivity contribution in [2.45, 2.75) is 38.8 Å². The van der Waals surface area contributed by atoms with Crippen LogP contribution in [0.25, 0.3) is 0 Å². The number of benzene rings is 1. The van der Waals surface area contributed by atoms with Crippen LogP contribution in [0.15, 0.2) is 24.5 Å². The van der Waals surface area contributed by atoms with E-state index < -0.39 is 18.1 Å². The van der Waals surface area contributed by atoms with Gasteiger partial charge in [-0.3, -0.25) is 0 Å². The zero-order valence-electron chi connectivity index (χ0n) is 16.5. The summed E-state index contributed by atoms with van der Waals surface area (Å²) in [6, 6.07) is 3.67. The predicted octanol–water partition coefficient (Wildman–Crippen LogP) is 3.96. The van der Waals surface area contributed by atoms with Gasteiger partial charge in [0.25, 0.3) is 0 Å². The maximum atomic E-state index is 13.3. The SMILES string of the molecule is CC[C@H](C)[C@@H](NC(=O)N1CCc2[nH]cnc2[C@@H]1c1cccc(Cl)c1Cl)C(=O)OC. The number of carbonyl (C=O) groups is 2. The van der Waals surface area contributed by atoms with Gasteiger partial charge in [-0.15, -0.1) is 0 Å². The number of methoxy groups -OCH3 is 1. The van der Waals surface area contributed by atoms with Crippen molar-refractivity contribution in [3.63, 3.8) is 0 Å². The van der Waals surface area contributed by atoms with Crippen molar-refractivity contribution >= 4 is 35.2 Å². The molecule has 3 rings (SSSR count). The smallest absolute Gasteiger partial charge is 0.328 e. The van der Waals surface area contributed by atoms with Crippen molar-refractivity contribution in [3.05, 3.63) is 51.5 Å². The molecule has 1 aliphatic heterocycles. The third-order valence-electron chi connectivity index (χ3n) is 5.41. The Morgan fingerprint density at radius 2 is 2.17 bits per heavy atom. The molecule has 0 radical (unpaired) electrons. The number of halogens is 2. The van der Waals surface area contributed by atoms with Gasteiger partial charge in [0.1, 0.15) is 12.1 Å². The van der Waals surface area contributed by atoms with Crippen LogP contribution in [0.5, 0.6) is 0 Å². The van der Waals surface area contributed by atoms with Crippen LogP contribution in [0.3, 0.4) is 0 Å². The van der Waals surface area contributed by atoms with E-state index in [0.717, 1.165) is 5.69 Å². The molecule has 9 heteroatoms. The Balaban J connectivity index is 1.97. The first kappa shape index (κ1) is 21.5. The summed E-state index contributed by atoms with van der Waals surface area (Å²) in [7, 11) is 1.31. The van der Waals surface area contributed by atoms with Crippen LogP contribution in [-0.4, -0.2) is 46.6 Å². The van der Waals surface area contributed by atoms with Gasteiger partial charge < -0.3 is 19.9 Å². The zero-order chi connectivity index (χ0) is 21.1. The Bertz CT molecular complexity index is 902. The lowest BCUT2D eigenvalue weighted by Gasteiger charge is -2.37. The van der Waals surface area contributed by atoms with Gasteiger partial charge in [0.05, 0.1) is 29.2 Å². The van der Waals surface area contributed by atoms with E-state index in [4.69, 9.17) is 27.9 Å². The fraction of sp³-hybridized carbons (Fsp3) is 0.450. The first-order valence-corrected chi connectivity index (χ1v) is 10.3. The van der Waals surface area contributed by atoms with Crippen LogP contribution in [-0.2, 0) is 16.0 Å². The molecule has 1 aliphatic rings. The number of fused-ring (bicyclic) bond motifs is 1. The van der Waals surface area contributed by atoms with E-state index in [1.54, 1.807) is 23.4 Å². The Morgan fingerprint density at radius 3 is 2.86 bits per heavy atom. The lowest BCUT2D eigenvalue weighted by atomic mass is 9.95. The molecule has 2 N–H and O–H groups in total. The number of carbonyl (C=O) groups excluding carboxylic acids is 2. The van der Waals surface area contributed by atoms with E-state index in [2.05, 4.69) is 15.3 Å². The van der Waals surface area contributed by atoms with Crippen molar-refractivity contribution < 1.29 is 14.3 Å². The summed E-state index contributed by atoms with van der Waals surface area (Å²) in [6.45, 7) is 4.29. The number of nitrogens with zero attached hydrogens (tertiary/aromatic N) is 2. The summed E-state index contributed by atoms with van der Waals surface area (Å²) < 4.78 is 4.89. The van der Waals surface area contributed by atoms with E-state index in [1.165, 1.54) is 7.11 Å². The molecule has 0 aliphatic carbocycles. The number of urea groups is 1. The topological polar surface area (TPSA) is 87.3 Å². The molecule has 7 nitrogen and oxygen atoms in total. The molecule has 0 unspecified atom stereocenters. The number of amides is 2. The summed E-state index contributed by atoms with van der Waals surface area (Å²) in [5.41, 5.74) is 2.34. The van der Waals surface area contributed by atoms with Crippen LogP contribution < -0.4 is 5.32 Å². The molecule has 29 heavy (non-hydrogen) atoms. The van der Waals surface area contributed by atoms with E-state index in [-0.39, 0.29) is 11.9 Å². The molecule has 2 aromatic rings. The number of aromatic amines is 1. The Hall–Kier alpha value is -2.25. The standard InChI is InChI=1S/C20H24Cl2N4O3/c1-4-11(2)16(19(27)29-3)25-20(28)26-9-8-14-17(24-10-23-14)18(26)12-6-5-7-13(21)15(12)22/h5-7,10-11,16,18H,4,8-9H2,1-3H3,(H,23,24)(H,25,28)/t11-,16+,18-/m0/s1. The van der Waals surface area contributed by atoms with Crippen molar-refractivity contribution in [3.8, 4) is 0 Å². The van der Waals surface area contributed by atoms with E-state index in [0.29, 0.717) is 40.7 Å². The molecule has 3 atom stereocenters. The van der Waals surface area contributed by atoms with Gasteiger partial charge in [0.2, 0.25) is 0 Å². The number of nitrogens with one attached hydrogen (secondary N) is 2. The second-order valence-electron chi connectivity index (χ2n) is 7.09. The molecule has 1 aromatic heterocycles. The largest absolute Gasteiger partial charge is 0.467 e. The molecule has 156 valence electrons. The average Bonchev–Trinajstić information content (AvgIpc) is 3.21. The van der Waals surface area contributed by atoms with Crippen molar-refractivity contribution in [1.29, 1.82) is 0 Å². The number of imidazole rings is 1. The monoisotopic (exact) mass is 438 g/mol. The maximum Gasteiger partial charge on any atom is 0.328 e. The molecule has 0 saturated heterocycles. The minimum Gasteiger partial charge on any atom is -0.467 e. The average molecular weight is 439 g/mol. The lowest BCUT2D eigenvalue weighted by molar-refractivity contribution is -0.144. The quantitative estimate of drug-likeness (QED) is 0.691. The number of hydrogen-bond donors (Lipinski definition) is 2. The van der Waals surface area contributed by atoms with Gasteiger partial charge in [-0.05, 0) is 12.0 Å². The Morgan fingerprint density at radius 1 is 1.41 bits per heavy atom. The Labute approximate surface area is 179 Å². The molecule has 0 spiro atoms. The summed E-state index contributed by atoms with van der Waals surface area (Å²) in [6.07, 6.45) is 2.94. The van der Waals surface area contributed by atoms with Gasteiger partial charge >= 0.3 is 12.0 Å². The number of rotatable bonds is 5. The predicted molar refractivity (Wildman–Crippen MR) is 111 cm³/mol. The third-order valence-corrected chi connectivity index (χ3v) is 6.24. The van der Waals surface area contributed by atoms with Gasteiger partial charge in [0, 0.05) is 24.2 Å². The van der Waals surface area contributed by atoms with Crippen molar-refractivity contribution in [2.24, 2.45) is 5.92 Å². The maximum absolute atomic E-state index is 13.3. The summed E-state index contributed by atoms with van der Waals surface area (Å²) >= 11 is 12.7. The van der Waals surface area contributed by atoms with E-state index in [9.17, 15) is 9.59 Å². The minimum absolute atomic E-state index is 0.0784. The number of aromatic nitrogens is 2. The van der Waals surface area contributed by atoms with Gasteiger partial charge in [-0.1, -0.05) is 55.6 Å². The Kier molecular flexibility index (Phi) is 6.70. The summed E-state index contributed by atoms with van der Waals surface area (Å²) in [4.78, 5) is 34.7. The second kappa shape index (κ2) is 9.05. The molecule has 0 fully saturated rings. The molecule has 0 bridgehead atoms. The zero-order valence-corrected chi connectivity index (χ0v) is 18.0. The highest BCUT2D eigenvalue weighted by Crippen LogP contribution is 2.39. The van der Waals surface area contributed by atoms with Crippen LogP contribution in [0, 0.1) is 5.92 Å². The lowest BCUT2D eigenvalue weighted by Crippen LogP contribution is -2.53. The van der Waals surface area contributed by atoms with E-state index in [1.807, 2.05) is 19.9 Å². The van der Waals surface area contributed by atoms with E-state index >= 15 is 0 Å². The van der Waals surface area contributed by atoms with Crippen molar-refractivity contribution in [1.82, 2.24) is 20.2 Å². The van der Waals surface area contributed by atoms with Gasteiger partial charge in [0.15, 0.2) is 0 Å². The number of hydrogen-bond acceptors (Lipinski definition) is 4. The summed E-state index contributed by atoms with van der Waals surface area (Å²) in [5.74, 6) is -0.548.